The van der Waals surface area contributed by atoms with Gasteiger partial charge in [0, 0.05) is 62.9 Å². The van der Waals surface area contributed by atoms with Gasteiger partial charge in [-0.3, -0.25) is 4.90 Å². The third-order valence-corrected chi connectivity index (χ3v) is 8.96. The van der Waals surface area contributed by atoms with E-state index < -0.39 is 10.0 Å². The topological polar surface area (TPSA) is 55.9 Å². The molecule has 0 bridgehead atoms. The summed E-state index contributed by atoms with van der Waals surface area (Å²) in [5, 5.41) is 0. The molecule has 6 nitrogen and oxygen atoms in total. The average Bonchev–Trinajstić information content (AvgIpc) is 3.30. The number of nitrogens with one attached hydrogen (secondary N) is 1. The van der Waals surface area contributed by atoms with Gasteiger partial charge in [-0.05, 0) is 49.7 Å². The first-order chi connectivity index (χ1) is 13.8. The molecule has 2 aromatic rings. The van der Waals surface area contributed by atoms with Crippen LogP contribution in [-0.4, -0.2) is 71.6 Å². The molecule has 0 radical (unpaired) electrons. The summed E-state index contributed by atoms with van der Waals surface area (Å²) in [5.74, 6) is 0. The third kappa shape index (κ3) is 4.51. The van der Waals surface area contributed by atoms with Crippen LogP contribution in [0.1, 0.15) is 22.0 Å². The molecule has 8 heteroatoms. The standard InChI is InChI=1S/C21H30N4O2S2/c1-16-4-7-21(28-16)29(26,27)22-15-20(25-12-10-23(2)11-13-25)17-5-6-19-18(14-17)8-9-24(19)3/h4-7,14,20,22H,8-13,15H2,1-3H3/t20-/m1/s1. The summed E-state index contributed by atoms with van der Waals surface area (Å²) in [6, 6.07) is 10.2. The summed E-state index contributed by atoms with van der Waals surface area (Å²) >= 11 is 1.32. The second-order valence-electron chi connectivity index (χ2n) is 8.13. The Morgan fingerprint density at radius 3 is 2.52 bits per heavy atom. The van der Waals surface area contributed by atoms with E-state index in [1.54, 1.807) is 6.07 Å². The Labute approximate surface area is 178 Å². The second kappa shape index (κ2) is 8.35. The normalized spacial score (nSPS) is 19.5. The maximum atomic E-state index is 12.8. The van der Waals surface area contributed by atoms with Crippen LogP contribution >= 0.6 is 11.3 Å². The molecule has 1 aromatic heterocycles. The zero-order chi connectivity index (χ0) is 20.6. The number of fused-ring (bicyclic) bond motifs is 1. The van der Waals surface area contributed by atoms with Crippen molar-refractivity contribution in [1.82, 2.24) is 14.5 Å². The molecule has 0 saturated carbocycles. The molecule has 3 heterocycles. The van der Waals surface area contributed by atoms with Gasteiger partial charge in [0.1, 0.15) is 4.21 Å². The predicted molar refractivity (Wildman–Crippen MR) is 119 cm³/mol. The fourth-order valence-electron chi connectivity index (χ4n) is 4.20. The number of hydrogen-bond acceptors (Lipinski definition) is 6. The van der Waals surface area contributed by atoms with Gasteiger partial charge in [0.25, 0.3) is 0 Å². The zero-order valence-corrected chi connectivity index (χ0v) is 19.0. The fraction of sp³-hybridized carbons (Fsp3) is 0.524. The maximum absolute atomic E-state index is 12.8. The van der Waals surface area contributed by atoms with Gasteiger partial charge in [0.05, 0.1) is 0 Å². The number of benzene rings is 1. The first-order valence-electron chi connectivity index (χ1n) is 10.2. The van der Waals surface area contributed by atoms with Crippen molar-refractivity contribution in [3.8, 4) is 0 Å². The molecule has 1 atom stereocenters. The van der Waals surface area contributed by atoms with Crippen LogP contribution in [0.5, 0.6) is 0 Å². The van der Waals surface area contributed by atoms with Crippen molar-refractivity contribution in [2.24, 2.45) is 0 Å². The largest absolute Gasteiger partial charge is 0.374 e. The van der Waals surface area contributed by atoms with Crippen LogP contribution in [0.2, 0.25) is 0 Å². The lowest BCUT2D eigenvalue weighted by Gasteiger charge is -2.38. The summed E-state index contributed by atoms with van der Waals surface area (Å²) in [6.07, 6.45) is 1.05. The molecule has 0 spiro atoms. The van der Waals surface area contributed by atoms with Gasteiger partial charge in [-0.25, -0.2) is 13.1 Å². The van der Waals surface area contributed by atoms with Crippen LogP contribution in [0.15, 0.2) is 34.5 Å². The molecule has 0 unspecified atom stereocenters. The van der Waals surface area contributed by atoms with Crippen LogP contribution in [0, 0.1) is 6.92 Å². The van der Waals surface area contributed by atoms with Crippen molar-refractivity contribution in [1.29, 1.82) is 0 Å². The highest BCUT2D eigenvalue weighted by atomic mass is 32.2. The number of thiophene rings is 1. The van der Waals surface area contributed by atoms with E-state index in [-0.39, 0.29) is 6.04 Å². The summed E-state index contributed by atoms with van der Waals surface area (Å²) < 4.78 is 28.9. The number of rotatable bonds is 6. The Morgan fingerprint density at radius 1 is 1.07 bits per heavy atom. The van der Waals surface area contributed by atoms with E-state index in [4.69, 9.17) is 0 Å². The minimum absolute atomic E-state index is 0.0377. The van der Waals surface area contributed by atoms with Crippen LogP contribution in [0.25, 0.3) is 0 Å². The van der Waals surface area contributed by atoms with E-state index in [9.17, 15) is 8.42 Å². The lowest BCUT2D eigenvalue weighted by molar-refractivity contribution is 0.113. The fourth-order valence-corrected chi connectivity index (χ4v) is 6.57. The van der Waals surface area contributed by atoms with Gasteiger partial charge >= 0.3 is 0 Å². The van der Waals surface area contributed by atoms with Crippen molar-refractivity contribution in [2.75, 3.05) is 58.3 Å². The lowest BCUT2D eigenvalue weighted by Crippen LogP contribution is -2.48. The minimum atomic E-state index is -3.49. The molecule has 158 valence electrons. The van der Waals surface area contributed by atoms with E-state index in [1.807, 2.05) is 13.0 Å². The van der Waals surface area contributed by atoms with Crippen LogP contribution < -0.4 is 9.62 Å². The molecule has 29 heavy (non-hydrogen) atoms. The maximum Gasteiger partial charge on any atom is 0.250 e. The second-order valence-corrected chi connectivity index (χ2v) is 11.4. The van der Waals surface area contributed by atoms with Crippen molar-refractivity contribution in [2.45, 2.75) is 23.6 Å². The Morgan fingerprint density at radius 2 is 1.83 bits per heavy atom. The molecule has 4 rings (SSSR count). The Bertz CT molecular complexity index is 965. The highest BCUT2D eigenvalue weighted by Crippen LogP contribution is 2.32. The van der Waals surface area contributed by atoms with Crippen LogP contribution in [0.4, 0.5) is 5.69 Å². The first-order valence-corrected chi connectivity index (χ1v) is 12.5. The van der Waals surface area contributed by atoms with E-state index in [0.717, 1.165) is 44.0 Å². The van der Waals surface area contributed by atoms with E-state index in [0.29, 0.717) is 10.8 Å². The molecule has 2 aliphatic rings. The van der Waals surface area contributed by atoms with Crippen molar-refractivity contribution >= 4 is 27.0 Å². The lowest BCUT2D eigenvalue weighted by atomic mass is 10.0. The zero-order valence-electron chi connectivity index (χ0n) is 17.4. The number of piperazine rings is 1. The van der Waals surface area contributed by atoms with Gasteiger partial charge < -0.3 is 9.80 Å². The number of anilines is 1. The summed E-state index contributed by atoms with van der Waals surface area (Å²) in [4.78, 5) is 8.03. The summed E-state index contributed by atoms with van der Waals surface area (Å²) in [6.45, 7) is 7.25. The molecule has 1 aromatic carbocycles. The van der Waals surface area contributed by atoms with Crippen LogP contribution in [0.3, 0.4) is 0 Å². The van der Waals surface area contributed by atoms with Crippen molar-refractivity contribution in [3.63, 3.8) is 0 Å². The van der Waals surface area contributed by atoms with Gasteiger partial charge in [0.15, 0.2) is 0 Å². The van der Waals surface area contributed by atoms with Crippen molar-refractivity contribution in [3.05, 3.63) is 46.3 Å². The highest BCUT2D eigenvalue weighted by molar-refractivity contribution is 7.91. The molecule has 0 amide bonds. The predicted octanol–water partition coefficient (Wildman–Crippen LogP) is 2.32. The molecule has 2 aliphatic heterocycles. The Balaban J connectivity index is 1.57. The first kappa shape index (κ1) is 20.8. The SMILES string of the molecule is Cc1ccc(S(=O)(=O)NC[C@H](c2ccc3c(c2)CCN3C)N2CCN(C)CC2)s1. The number of hydrogen-bond donors (Lipinski definition) is 1. The van der Waals surface area contributed by atoms with E-state index in [1.165, 1.54) is 28.2 Å². The van der Waals surface area contributed by atoms with E-state index >= 15 is 0 Å². The van der Waals surface area contributed by atoms with E-state index in [2.05, 4.69) is 51.7 Å². The molecule has 1 fully saturated rings. The van der Waals surface area contributed by atoms with Gasteiger partial charge in [0.2, 0.25) is 10.0 Å². The highest BCUT2D eigenvalue weighted by Gasteiger charge is 2.28. The molecule has 1 N–H and O–H groups in total. The minimum Gasteiger partial charge on any atom is -0.374 e. The number of sulfonamides is 1. The molecule has 0 aliphatic carbocycles. The smallest absolute Gasteiger partial charge is 0.250 e. The Hall–Kier alpha value is -1.45. The monoisotopic (exact) mass is 434 g/mol. The number of likely N-dealkylation sites (N-methyl/N-ethyl adjacent to an activating group) is 2. The molecular weight excluding hydrogens is 404 g/mol. The van der Waals surface area contributed by atoms with Crippen molar-refractivity contribution < 1.29 is 8.42 Å². The van der Waals surface area contributed by atoms with Gasteiger partial charge in [-0.1, -0.05) is 12.1 Å². The Kier molecular flexibility index (Phi) is 5.99. The van der Waals surface area contributed by atoms with Gasteiger partial charge in [-0.15, -0.1) is 11.3 Å². The summed E-state index contributed by atoms with van der Waals surface area (Å²) in [5.41, 5.74) is 3.86. The quantitative estimate of drug-likeness (QED) is 0.756. The number of nitrogens with zero attached hydrogens (tertiary/aromatic N) is 3. The number of aryl methyl sites for hydroxylation is 1. The third-order valence-electron chi connectivity index (χ3n) is 6.04. The van der Waals surface area contributed by atoms with Gasteiger partial charge in [-0.2, -0.15) is 0 Å². The average molecular weight is 435 g/mol. The molecule has 1 saturated heterocycles. The van der Waals surface area contributed by atoms with Crippen LogP contribution in [-0.2, 0) is 16.4 Å². The summed E-state index contributed by atoms with van der Waals surface area (Å²) in [7, 11) is 0.775. The molecular formula is C21H30N4O2S2.